The molecule has 1 heterocycles. The lowest BCUT2D eigenvalue weighted by molar-refractivity contribution is -0.147. The standard InChI is InChI=1S/C14H18O2S/c1-9-4-5-12-10(6-9)7-11(17-12)8-14(2,3)13(15)16/h4-6,11H,7-8H2,1-3H3,(H,15,16). The van der Waals surface area contributed by atoms with Gasteiger partial charge in [0.2, 0.25) is 0 Å². The molecule has 17 heavy (non-hydrogen) atoms. The number of fused-ring (bicyclic) bond motifs is 1. The maximum atomic E-state index is 11.1. The largest absolute Gasteiger partial charge is 0.481 e. The summed E-state index contributed by atoms with van der Waals surface area (Å²) in [4.78, 5) is 12.4. The van der Waals surface area contributed by atoms with Gasteiger partial charge in [0.1, 0.15) is 0 Å². The van der Waals surface area contributed by atoms with Gasteiger partial charge in [-0.3, -0.25) is 4.79 Å². The molecule has 0 saturated heterocycles. The van der Waals surface area contributed by atoms with E-state index in [-0.39, 0.29) is 0 Å². The van der Waals surface area contributed by atoms with Crippen molar-refractivity contribution in [3.05, 3.63) is 29.3 Å². The molecule has 1 N–H and O–H groups in total. The highest BCUT2D eigenvalue weighted by Crippen LogP contribution is 2.42. The highest BCUT2D eigenvalue weighted by atomic mass is 32.2. The third-order valence-corrected chi connectivity index (χ3v) is 4.59. The molecule has 1 aliphatic rings. The van der Waals surface area contributed by atoms with Crippen LogP contribution in [0.5, 0.6) is 0 Å². The second kappa shape index (κ2) is 4.37. The van der Waals surface area contributed by atoms with E-state index in [2.05, 4.69) is 25.1 Å². The lowest BCUT2D eigenvalue weighted by Crippen LogP contribution is -2.27. The summed E-state index contributed by atoms with van der Waals surface area (Å²) in [6, 6.07) is 6.50. The summed E-state index contributed by atoms with van der Waals surface area (Å²) in [6.45, 7) is 5.72. The van der Waals surface area contributed by atoms with Crippen LogP contribution in [0.1, 0.15) is 31.4 Å². The number of hydrogen-bond acceptors (Lipinski definition) is 2. The third kappa shape index (κ3) is 2.65. The zero-order valence-corrected chi connectivity index (χ0v) is 11.3. The minimum atomic E-state index is -0.703. The monoisotopic (exact) mass is 250 g/mol. The first-order chi connectivity index (χ1) is 7.88. The molecular formula is C14H18O2S. The van der Waals surface area contributed by atoms with Gasteiger partial charge in [-0.25, -0.2) is 0 Å². The number of carboxylic acids is 1. The summed E-state index contributed by atoms with van der Waals surface area (Å²) in [7, 11) is 0. The minimum absolute atomic E-state index is 0.401. The van der Waals surface area contributed by atoms with E-state index in [1.807, 2.05) is 25.6 Å². The zero-order chi connectivity index (χ0) is 12.6. The molecule has 2 rings (SSSR count). The van der Waals surface area contributed by atoms with Gasteiger partial charge in [-0.1, -0.05) is 17.7 Å². The van der Waals surface area contributed by atoms with Crippen molar-refractivity contribution in [2.75, 3.05) is 0 Å². The summed E-state index contributed by atoms with van der Waals surface area (Å²) >= 11 is 1.83. The molecule has 1 atom stereocenters. The number of hydrogen-bond donors (Lipinski definition) is 1. The van der Waals surface area contributed by atoms with Crippen molar-refractivity contribution >= 4 is 17.7 Å². The van der Waals surface area contributed by atoms with E-state index in [1.54, 1.807) is 0 Å². The predicted molar refractivity (Wildman–Crippen MR) is 70.6 cm³/mol. The molecule has 0 aromatic heterocycles. The molecular weight excluding hydrogens is 232 g/mol. The Labute approximate surface area is 106 Å². The van der Waals surface area contributed by atoms with E-state index in [4.69, 9.17) is 5.11 Å². The normalized spacial score (nSPS) is 19.1. The number of carboxylic acid groups (broad SMARTS) is 1. The van der Waals surface area contributed by atoms with Gasteiger partial charge in [-0.2, -0.15) is 0 Å². The Hall–Kier alpha value is -0.960. The van der Waals surface area contributed by atoms with E-state index < -0.39 is 11.4 Å². The van der Waals surface area contributed by atoms with Crippen LogP contribution in [0, 0.1) is 12.3 Å². The molecule has 1 unspecified atom stereocenters. The third-order valence-electron chi connectivity index (χ3n) is 3.27. The molecule has 0 radical (unpaired) electrons. The molecule has 0 amide bonds. The summed E-state index contributed by atoms with van der Waals surface area (Å²) in [6.07, 6.45) is 1.72. The molecule has 92 valence electrons. The number of carbonyl (C=O) groups is 1. The second-order valence-corrected chi connectivity index (χ2v) is 6.79. The van der Waals surface area contributed by atoms with Crippen molar-refractivity contribution in [1.82, 2.24) is 0 Å². The van der Waals surface area contributed by atoms with Crippen molar-refractivity contribution in [3.63, 3.8) is 0 Å². The van der Waals surface area contributed by atoms with Crippen molar-refractivity contribution in [2.24, 2.45) is 5.41 Å². The predicted octanol–water partition coefficient (Wildman–Crippen LogP) is 3.51. The smallest absolute Gasteiger partial charge is 0.309 e. The van der Waals surface area contributed by atoms with Gasteiger partial charge in [0.15, 0.2) is 0 Å². The minimum Gasteiger partial charge on any atom is -0.481 e. The van der Waals surface area contributed by atoms with Crippen LogP contribution in [0.2, 0.25) is 0 Å². The van der Waals surface area contributed by atoms with E-state index in [0.29, 0.717) is 5.25 Å². The molecule has 0 fully saturated rings. The van der Waals surface area contributed by atoms with Gasteiger partial charge in [0, 0.05) is 10.1 Å². The van der Waals surface area contributed by atoms with Crippen LogP contribution in [0.3, 0.4) is 0 Å². The number of aliphatic carboxylic acids is 1. The topological polar surface area (TPSA) is 37.3 Å². The molecule has 0 spiro atoms. The summed E-state index contributed by atoms with van der Waals surface area (Å²) in [5, 5.41) is 9.55. The summed E-state index contributed by atoms with van der Waals surface area (Å²) in [5.74, 6) is -0.703. The first-order valence-corrected chi connectivity index (χ1v) is 6.76. The van der Waals surface area contributed by atoms with Crippen LogP contribution >= 0.6 is 11.8 Å². The molecule has 1 aromatic carbocycles. The first kappa shape index (κ1) is 12.5. The van der Waals surface area contributed by atoms with E-state index in [1.165, 1.54) is 16.0 Å². The number of benzene rings is 1. The van der Waals surface area contributed by atoms with Crippen LogP contribution in [0.4, 0.5) is 0 Å². The quantitative estimate of drug-likeness (QED) is 0.892. The van der Waals surface area contributed by atoms with Crippen molar-refractivity contribution in [1.29, 1.82) is 0 Å². The maximum absolute atomic E-state index is 11.1. The molecule has 2 nitrogen and oxygen atoms in total. The highest BCUT2D eigenvalue weighted by molar-refractivity contribution is 8.00. The number of aryl methyl sites for hydroxylation is 1. The van der Waals surface area contributed by atoms with Gasteiger partial charge in [0.05, 0.1) is 5.41 Å². The lowest BCUT2D eigenvalue weighted by atomic mass is 9.86. The Balaban J connectivity index is 2.08. The SMILES string of the molecule is Cc1ccc2c(c1)CC(CC(C)(C)C(=O)O)S2. The highest BCUT2D eigenvalue weighted by Gasteiger charge is 2.33. The molecule has 1 aliphatic heterocycles. The van der Waals surface area contributed by atoms with E-state index >= 15 is 0 Å². The molecule has 3 heteroatoms. The van der Waals surface area contributed by atoms with Crippen molar-refractivity contribution in [2.45, 2.75) is 43.8 Å². The van der Waals surface area contributed by atoms with Crippen LogP contribution < -0.4 is 0 Å². The number of rotatable bonds is 3. The van der Waals surface area contributed by atoms with E-state index in [9.17, 15) is 4.79 Å². The van der Waals surface area contributed by atoms with Crippen LogP contribution in [0.15, 0.2) is 23.1 Å². The zero-order valence-electron chi connectivity index (χ0n) is 10.5. The Bertz CT molecular complexity index is 452. The fraction of sp³-hybridized carbons (Fsp3) is 0.500. The molecule has 0 saturated carbocycles. The van der Waals surface area contributed by atoms with Crippen LogP contribution in [-0.4, -0.2) is 16.3 Å². The van der Waals surface area contributed by atoms with E-state index in [0.717, 1.165) is 12.8 Å². The summed E-state index contributed by atoms with van der Waals surface area (Å²) in [5.41, 5.74) is 2.03. The Morgan fingerprint density at radius 1 is 1.53 bits per heavy atom. The molecule has 0 bridgehead atoms. The van der Waals surface area contributed by atoms with Gasteiger partial charge in [0.25, 0.3) is 0 Å². The van der Waals surface area contributed by atoms with Crippen LogP contribution in [0.25, 0.3) is 0 Å². The number of thioether (sulfide) groups is 1. The van der Waals surface area contributed by atoms with Crippen molar-refractivity contribution < 1.29 is 9.90 Å². The summed E-state index contributed by atoms with van der Waals surface area (Å²) < 4.78 is 0. The first-order valence-electron chi connectivity index (χ1n) is 5.88. The Kier molecular flexibility index (Phi) is 3.21. The molecule has 1 aromatic rings. The fourth-order valence-electron chi connectivity index (χ4n) is 2.22. The fourth-order valence-corrected chi connectivity index (χ4v) is 3.78. The van der Waals surface area contributed by atoms with Crippen molar-refractivity contribution in [3.8, 4) is 0 Å². The second-order valence-electron chi connectivity index (χ2n) is 5.45. The van der Waals surface area contributed by atoms with Gasteiger partial charge in [-0.05, 0) is 45.2 Å². The average molecular weight is 250 g/mol. The Morgan fingerprint density at radius 3 is 2.88 bits per heavy atom. The van der Waals surface area contributed by atoms with Gasteiger partial charge < -0.3 is 5.11 Å². The lowest BCUT2D eigenvalue weighted by Gasteiger charge is -2.22. The van der Waals surface area contributed by atoms with Gasteiger partial charge >= 0.3 is 5.97 Å². The van der Waals surface area contributed by atoms with Crippen LogP contribution in [-0.2, 0) is 11.2 Å². The Morgan fingerprint density at radius 2 is 2.24 bits per heavy atom. The average Bonchev–Trinajstić information content (AvgIpc) is 2.57. The maximum Gasteiger partial charge on any atom is 0.309 e. The molecule has 0 aliphatic carbocycles. The van der Waals surface area contributed by atoms with Gasteiger partial charge in [-0.15, -0.1) is 11.8 Å².